The Bertz CT molecular complexity index is 207. The van der Waals surface area contributed by atoms with Crippen LogP contribution in [-0.4, -0.2) is 26.3 Å². The van der Waals surface area contributed by atoms with Crippen molar-refractivity contribution < 1.29 is 4.74 Å². The monoisotopic (exact) mass is 239 g/mol. The zero-order valence-corrected chi connectivity index (χ0v) is 11.5. The summed E-state index contributed by atoms with van der Waals surface area (Å²) in [7, 11) is 0. The Labute approximate surface area is 107 Å². The van der Waals surface area contributed by atoms with Crippen molar-refractivity contribution in [3.05, 3.63) is 0 Å². The van der Waals surface area contributed by atoms with E-state index in [1.165, 1.54) is 64.5 Å². The fourth-order valence-corrected chi connectivity index (χ4v) is 3.46. The fraction of sp³-hybridized carbons (Fsp3) is 1.00. The zero-order valence-electron chi connectivity index (χ0n) is 11.5. The SMILES string of the molecule is CCCC1(CCCCC2CCOCC2)CNC1. The highest BCUT2D eigenvalue weighted by Gasteiger charge is 2.34. The second-order valence-corrected chi connectivity index (χ2v) is 6.16. The van der Waals surface area contributed by atoms with Crippen LogP contribution in [0.1, 0.15) is 58.3 Å². The minimum Gasteiger partial charge on any atom is -0.381 e. The molecule has 0 atom stereocenters. The Morgan fingerprint density at radius 3 is 2.47 bits per heavy atom. The number of ether oxygens (including phenoxy) is 1. The number of hydrogen-bond acceptors (Lipinski definition) is 2. The summed E-state index contributed by atoms with van der Waals surface area (Å²) in [6.07, 6.45) is 11.2. The summed E-state index contributed by atoms with van der Waals surface area (Å²) < 4.78 is 5.41. The van der Waals surface area contributed by atoms with Gasteiger partial charge in [-0.2, -0.15) is 0 Å². The summed E-state index contributed by atoms with van der Waals surface area (Å²) in [4.78, 5) is 0. The number of rotatable bonds is 7. The van der Waals surface area contributed by atoms with Gasteiger partial charge in [-0.25, -0.2) is 0 Å². The third kappa shape index (κ3) is 3.96. The van der Waals surface area contributed by atoms with Gasteiger partial charge in [0.1, 0.15) is 0 Å². The number of hydrogen-bond donors (Lipinski definition) is 1. The molecule has 2 nitrogen and oxygen atoms in total. The molecule has 17 heavy (non-hydrogen) atoms. The molecule has 100 valence electrons. The summed E-state index contributed by atoms with van der Waals surface area (Å²) in [6, 6.07) is 0. The van der Waals surface area contributed by atoms with E-state index in [1.54, 1.807) is 0 Å². The third-order valence-electron chi connectivity index (χ3n) is 4.69. The maximum absolute atomic E-state index is 5.41. The third-order valence-corrected chi connectivity index (χ3v) is 4.69. The molecule has 0 aliphatic carbocycles. The Kier molecular flexibility index (Phi) is 5.30. The van der Waals surface area contributed by atoms with Crippen LogP contribution in [0.5, 0.6) is 0 Å². The first-order chi connectivity index (χ1) is 8.35. The largest absolute Gasteiger partial charge is 0.381 e. The summed E-state index contributed by atoms with van der Waals surface area (Å²) in [5.74, 6) is 0.963. The molecule has 0 saturated carbocycles. The molecule has 0 aromatic rings. The van der Waals surface area contributed by atoms with E-state index in [1.807, 2.05) is 0 Å². The van der Waals surface area contributed by atoms with Gasteiger partial charge in [0.05, 0.1) is 0 Å². The molecule has 0 radical (unpaired) electrons. The van der Waals surface area contributed by atoms with Gasteiger partial charge in [0.25, 0.3) is 0 Å². The van der Waals surface area contributed by atoms with Gasteiger partial charge in [-0.05, 0) is 37.0 Å². The van der Waals surface area contributed by atoms with E-state index in [9.17, 15) is 0 Å². The molecule has 2 saturated heterocycles. The van der Waals surface area contributed by atoms with Crippen LogP contribution in [-0.2, 0) is 4.74 Å². The van der Waals surface area contributed by atoms with Crippen LogP contribution in [0.25, 0.3) is 0 Å². The van der Waals surface area contributed by atoms with E-state index in [-0.39, 0.29) is 0 Å². The molecule has 0 spiro atoms. The summed E-state index contributed by atoms with van der Waals surface area (Å²) in [5.41, 5.74) is 0.685. The first-order valence-electron chi connectivity index (χ1n) is 7.63. The van der Waals surface area contributed by atoms with Crippen molar-refractivity contribution in [2.75, 3.05) is 26.3 Å². The lowest BCUT2D eigenvalue weighted by Crippen LogP contribution is -2.53. The molecule has 0 unspecified atom stereocenters. The average Bonchev–Trinajstić information content (AvgIpc) is 2.32. The molecule has 0 bridgehead atoms. The van der Waals surface area contributed by atoms with Gasteiger partial charge >= 0.3 is 0 Å². The molecule has 2 heteroatoms. The van der Waals surface area contributed by atoms with Crippen molar-refractivity contribution in [1.29, 1.82) is 0 Å². The van der Waals surface area contributed by atoms with Crippen molar-refractivity contribution in [3.63, 3.8) is 0 Å². The number of nitrogens with one attached hydrogen (secondary N) is 1. The second kappa shape index (κ2) is 6.75. The lowest BCUT2D eigenvalue weighted by Gasteiger charge is -2.43. The zero-order chi connectivity index (χ0) is 12.0. The first kappa shape index (κ1) is 13.4. The highest BCUT2D eigenvalue weighted by Crippen LogP contribution is 2.35. The number of unbranched alkanes of at least 4 members (excludes halogenated alkanes) is 1. The highest BCUT2D eigenvalue weighted by atomic mass is 16.5. The van der Waals surface area contributed by atoms with Crippen molar-refractivity contribution in [3.8, 4) is 0 Å². The summed E-state index contributed by atoms with van der Waals surface area (Å²) in [5, 5.41) is 3.46. The molecule has 0 aromatic carbocycles. The van der Waals surface area contributed by atoms with Gasteiger partial charge < -0.3 is 10.1 Å². The lowest BCUT2D eigenvalue weighted by atomic mass is 9.73. The van der Waals surface area contributed by atoms with Crippen molar-refractivity contribution in [2.24, 2.45) is 11.3 Å². The maximum atomic E-state index is 5.41. The van der Waals surface area contributed by atoms with Crippen LogP contribution in [0, 0.1) is 11.3 Å². The van der Waals surface area contributed by atoms with Crippen LogP contribution < -0.4 is 5.32 Å². The van der Waals surface area contributed by atoms with Gasteiger partial charge in [0.2, 0.25) is 0 Å². The van der Waals surface area contributed by atoms with Gasteiger partial charge in [0.15, 0.2) is 0 Å². The predicted octanol–water partition coefficient (Wildman–Crippen LogP) is 3.36. The van der Waals surface area contributed by atoms with Gasteiger partial charge in [-0.15, -0.1) is 0 Å². The standard InChI is InChI=1S/C15H29NO/c1-2-8-15(12-16-13-15)9-4-3-5-14-6-10-17-11-7-14/h14,16H,2-13H2,1H3. The molecule has 2 aliphatic rings. The van der Waals surface area contributed by atoms with E-state index in [0.29, 0.717) is 5.41 Å². The van der Waals surface area contributed by atoms with Gasteiger partial charge in [-0.3, -0.25) is 0 Å². The van der Waals surface area contributed by atoms with Crippen molar-refractivity contribution in [2.45, 2.75) is 58.3 Å². The molecule has 1 N–H and O–H groups in total. The summed E-state index contributed by atoms with van der Waals surface area (Å²) >= 11 is 0. The van der Waals surface area contributed by atoms with E-state index >= 15 is 0 Å². The Balaban J connectivity index is 1.55. The minimum atomic E-state index is 0.685. The average molecular weight is 239 g/mol. The second-order valence-electron chi connectivity index (χ2n) is 6.16. The van der Waals surface area contributed by atoms with E-state index in [0.717, 1.165) is 19.1 Å². The smallest absolute Gasteiger partial charge is 0.0468 e. The van der Waals surface area contributed by atoms with Crippen LogP contribution in [0.2, 0.25) is 0 Å². The fourth-order valence-electron chi connectivity index (χ4n) is 3.46. The molecule has 0 amide bonds. The topological polar surface area (TPSA) is 21.3 Å². The van der Waals surface area contributed by atoms with E-state index in [4.69, 9.17) is 4.74 Å². The Hall–Kier alpha value is -0.0800. The van der Waals surface area contributed by atoms with Gasteiger partial charge in [-0.1, -0.05) is 32.6 Å². The molecule has 2 heterocycles. The van der Waals surface area contributed by atoms with Crippen LogP contribution in [0.15, 0.2) is 0 Å². The van der Waals surface area contributed by atoms with Crippen molar-refractivity contribution in [1.82, 2.24) is 5.32 Å². The van der Waals surface area contributed by atoms with E-state index < -0.39 is 0 Å². The molecule has 2 rings (SSSR count). The molecular formula is C15H29NO. The van der Waals surface area contributed by atoms with Crippen LogP contribution >= 0.6 is 0 Å². The Morgan fingerprint density at radius 1 is 1.12 bits per heavy atom. The van der Waals surface area contributed by atoms with Crippen molar-refractivity contribution >= 4 is 0 Å². The predicted molar refractivity (Wildman–Crippen MR) is 72.2 cm³/mol. The first-order valence-corrected chi connectivity index (χ1v) is 7.63. The quantitative estimate of drug-likeness (QED) is 0.688. The normalized spacial score (nSPS) is 24.5. The van der Waals surface area contributed by atoms with Crippen LogP contribution in [0.4, 0.5) is 0 Å². The summed E-state index contributed by atoms with van der Waals surface area (Å²) in [6.45, 7) is 6.89. The van der Waals surface area contributed by atoms with E-state index in [2.05, 4.69) is 12.2 Å². The van der Waals surface area contributed by atoms with Gasteiger partial charge in [0, 0.05) is 26.3 Å². The molecular weight excluding hydrogens is 210 g/mol. The lowest BCUT2D eigenvalue weighted by molar-refractivity contribution is 0.0620. The molecule has 0 aromatic heterocycles. The van der Waals surface area contributed by atoms with Crippen LogP contribution in [0.3, 0.4) is 0 Å². The maximum Gasteiger partial charge on any atom is 0.0468 e. The minimum absolute atomic E-state index is 0.685. The Morgan fingerprint density at radius 2 is 1.88 bits per heavy atom. The highest BCUT2D eigenvalue weighted by molar-refractivity contribution is 4.91. The molecule has 2 aliphatic heterocycles. The molecule has 2 fully saturated rings.